The Bertz CT molecular complexity index is 396. The molecule has 0 aromatic carbocycles. The summed E-state index contributed by atoms with van der Waals surface area (Å²) >= 11 is 7.58. The summed E-state index contributed by atoms with van der Waals surface area (Å²) in [7, 11) is 2.23. The minimum atomic E-state index is 0.765. The van der Waals surface area contributed by atoms with E-state index in [0.29, 0.717) is 0 Å². The monoisotopic (exact) mass is 315 g/mol. The van der Waals surface area contributed by atoms with Crippen molar-refractivity contribution in [2.45, 2.75) is 32.4 Å². The molecule has 20 heavy (non-hydrogen) atoms. The summed E-state index contributed by atoms with van der Waals surface area (Å²) < 4.78 is 0.875. The zero-order valence-corrected chi connectivity index (χ0v) is 14.1. The fourth-order valence-electron chi connectivity index (χ4n) is 2.90. The smallest absolute Gasteiger partial charge is 0.0931 e. The van der Waals surface area contributed by atoms with Gasteiger partial charge < -0.3 is 10.2 Å². The van der Waals surface area contributed by atoms with Crippen LogP contribution in [0.25, 0.3) is 0 Å². The van der Waals surface area contributed by atoms with Gasteiger partial charge in [0, 0.05) is 37.1 Å². The Labute approximate surface area is 131 Å². The highest BCUT2D eigenvalue weighted by molar-refractivity contribution is 7.16. The molecule has 0 saturated carbocycles. The molecule has 1 aliphatic rings. The standard InChI is InChI=1S/C15H26ClN3S/c1-3-19-9-4-5-13(19)12-18(2)10-8-17-11-14-6-7-15(16)20-14/h6-7,13,17H,3-5,8-12H2,1-2H3. The second-order valence-corrected chi connectivity index (χ2v) is 7.37. The number of nitrogens with one attached hydrogen (secondary N) is 1. The Morgan fingerprint density at radius 2 is 2.35 bits per heavy atom. The van der Waals surface area contributed by atoms with Gasteiger partial charge in [0.2, 0.25) is 0 Å². The lowest BCUT2D eigenvalue weighted by Crippen LogP contribution is -2.40. The van der Waals surface area contributed by atoms with Gasteiger partial charge in [-0.1, -0.05) is 18.5 Å². The lowest BCUT2D eigenvalue weighted by Gasteiger charge is -2.27. The van der Waals surface area contributed by atoms with Crippen LogP contribution in [-0.4, -0.2) is 55.6 Å². The van der Waals surface area contributed by atoms with Crippen LogP contribution in [0.5, 0.6) is 0 Å². The zero-order valence-electron chi connectivity index (χ0n) is 12.6. The molecule has 1 aromatic rings. The van der Waals surface area contributed by atoms with Crippen molar-refractivity contribution in [2.75, 3.05) is 39.8 Å². The highest BCUT2D eigenvalue weighted by Gasteiger charge is 2.23. The van der Waals surface area contributed by atoms with Crippen molar-refractivity contribution in [2.24, 2.45) is 0 Å². The van der Waals surface area contributed by atoms with E-state index in [-0.39, 0.29) is 0 Å². The predicted octanol–water partition coefficient (Wildman–Crippen LogP) is 2.91. The number of rotatable bonds is 8. The number of likely N-dealkylation sites (tertiary alicyclic amines) is 1. The van der Waals surface area contributed by atoms with Gasteiger partial charge in [0.1, 0.15) is 0 Å². The molecule has 1 saturated heterocycles. The van der Waals surface area contributed by atoms with Crippen molar-refractivity contribution in [3.8, 4) is 0 Å². The quantitative estimate of drug-likeness (QED) is 0.744. The van der Waals surface area contributed by atoms with E-state index in [1.807, 2.05) is 6.07 Å². The minimum Gasteiger partial charge on any atom is -0.311 e. The molecule has 0 spiro atoms. The van der Waals surface area contributed by atoms with E-state index in [1.165, 1.54) is 37.4 Å². The van der Waals surface area contributed by atoms with Crippen LogP contribution in [0, 0.1) is 0 Å². The van der Waals surface area contributed by atoms with Gasteiger partial charge in [0.25, 0.3) is 0 Å². The molecule has 1 N–H and O–H groups in total. The largest absolute Gasteiger partial charge is 0.311 e. The molecular formula is C15H26ClN3S. The van der Waals surface area contributed by atoms with Gasteiger partial charge in [-0.25, -0.2) is 0 Å². The summed E-state index contributed by atoms with van der Waals surface area (Å²) in [5.41, 5.74) is 0. The van der Waals surface area contributed by atoms with Crippen LogP contribution in [0.3, 0.4) is 0 Å². The third-order valence-corrected chi connectivity index (χ3v) is 5.26. The Morgan fingerprint density at radius 3 is 3.05 bits per heavy atom. The number of halogens is 1. The first-order chi connectivity index (χ1) is 9.69. The van der Waals surface area contributed by atoms with Crippen LogP contribution >= 0.6 is 22.9 Å². The summed E-state index contributed by atoms with van der Waals surface area (Å²) in [5, 5.41) is 3.49. The van der Waals surface area contributed by atoms with Crippen molar-refractivity contribution >= 4 is 22.9 Å². The first kappa shape index (κ1) is 16.2. The molecule has 0 bridgehead atoms. The van der Waals surface area contributed by atoms with Crippen LogP contribution in [-0.2, 0) is 6.54 Å². The van der Waals surface area contributed by atoms with E-state index in [1.54, 1.807) is 11.3 Å². The maximum Gasteiger partial charge on any atom is 0.0931 e. The van der Waals surface area contributed by atoms with E-state index in [4.69, 9.17) is 11.6 Å². The molecule has 1 atom stereocenters. The van der Waals surface area contributed by atoms with E-state index in [2.05, 4.69) is 35.2 Å². The molecule has 1 fully saturated rings. The summed E-state index contributed by atoms with van der Waals surface area (Å²) in [6.45, 7) is 9.00. The second kappa shape index (κ2) is 8.35. The molecule has 2 rings (SSSR count). The fraction of sp³-hybridized carbons (Fsp3) is 0.733. The number of hydrogen-bond donors (Lipinski definition) is 1. The summed E-state index contributed by atoms with van der Waals surface area (Å²) in [6.07, 6.45) is 2.73. The molecule has 2 heterocycles. The summed E-state index contributed by atoms with van der Waals surface area (Å²) in [4.78, 5) is 6.37. The van der Waals surface area contributed by atoms with Crippen LogP contribution in [0.2, 0.25) is 4.34 Å². The molecule has 1 unspecified atom stereocenters. The predicted molar refractivity (Wildman–Crippen MR) is 88.8 cm³/mol. The van der Waals surface area contributed by atoms with Crippen molar-refractivity contribution in [1.29, 1.82) is 0 Å². The summed E-state index contributed by atoms with van der Waals surface area (Å²) in [6, 6.07) is 4.83. The number of thiophene rings is 1. The van der Waals surface area contributed by atoms with Crippen LogP contribution in [0.1, 0.15) is 24.6 Å². The van der Waals surface area contributed by atoms with Gasteiger partial charge in [-0.3, -0.25) is 4.90 Å². The normalized spacial score (nSPS) is 20.1. The second-order valence-electron chi connectivity index (χ2n) is 5.57. The fourth-order valence-corrected chi connectivity index (χ4v) is 3.95. The Balaban J connectivity index is 1.59. The van der Waals surface area contributed by atoms with Gasteiger partial charge in [-0.05, 0) is 45.1 Å². The van der Waals surface area contributed by atoms with Crippen LogP contribution in [0.4, 0.5) is 0 Å². The SMILES string of the molecule is CCN1CCCC1CN(C)CCNCc1ccc(Cl)s1. The van der Waals surface area contributed by atoms with Crippen LogP contribution in [0.15, 0.2) is 12.1 Å². The van der Waals surface area contributed by atoms with Crippen LogP contribution < -0.4 is 5.32 Å². The molecule has 1 aliphatic heterocycles. The molecule has 5 heteroatoms. The maximum atomic E-state index is 5.92. The van der Waals surface area contributed by atoms with E-state index >= 15 is 0 Å². The van der Waals surface area contributed by atoms with Gasteiger partial charge in [0.15, 0.2) is 0 Å². The van der Waals surface area contributed by atoms with E-state index in [0.717, 1.165) is 30.0 Å². The van der Waals surface area contributed by atoms with Crippen molar-refractivity contribution < 1.29 is 0 Å². The van der Waals surface area contributed by atoms with E-state index < -0.39 is 0 Å². The first-order valence-electron chi connectivity index (χ1n) is 7.56. The molecular weight excluding hydrogens is 290 g/mol. The molecule has 3 nitrogen and oxygen atoms in total. The number of likely N-dealkylation sites (N-methyl/N-ethyl adjacent to an activating group) is 2. The third-order valence-electron chi connectivity index (χ3n) is 4.03. The number of hydrogen-bond acceptors (Lipinski definition) is 4. The first-order valence-corrected chi connectivity index (χ1v) is 8.76. The van der Waals surface area contributed by atoms with Gasteiger partial charge in [0.05, 0.1) is 4.34 Å². The Hall–Kier alpha value is -0.130. The molecule has 1 aromatic heterocycles. The maximum absolute atomic E-state index is 5.92. The van der Waals surface area contributed by atoms with E-state index in [9.17, 15) is 0 Å². The average Bonchev–Trinajstić information content (AvgIpc) is 3.03. The summed E-state index contributed by atoms with van der Waals surface area (Å²) in [5.74, 6) is 0. The lowest BCUT2D eigenvalue weighted by molar-refractivity contribution is 0.199. The van der Waals surface area contributed by atoms with Gasteiger partial charge >= 0.3 is 0 Å². The highest BCUT2D eigenvalue weighted by Crippen LogP contribution is 2.21. The van der Waals surface area contributed by atoms with Crippen molar-refractivity contribution in [3.63, 3.8) is 0 Å². The highest BCUT2D eigenvalue weighted by atomic mass is 35.5. The zero-order chi connectivity index (χ0) is 14.4. The van der Waals surface area contributed by atoms with Gasteiger partial charge in [-0.2, -0.15) is 0 Å². The average molecular weight is 316 g/mol. The number of nitrogens with zero attached hydrogens (tertiary/aromatic N) is 2. The molecule has 0 radical (unpaired) electrons. The third kappa shape index (κ3) is 5.01. The molecule has 0 aliphatic carbocycles. The topological polar surface area (TPSA) is 18.5 Å². The van der Waals surface area contributed by atoms with Crippen molar-refractivity contribution in [1.82, 2.24) is 15.1 Å². The Morgan fingerprint density at radius 1 is 1.50 bits per heavy atom. The Kier molecular flexibility index (Phi) is 6.78. The molecule has 0 amide bonds. The van der Waals surface area contributed by atoms with Gasteiger partial charge in [-0.15, -0.1) is 11.3 Å². The molecule has 114 valence electrons. The van der Waals surface area contributed by atoms with Crippen molar-refractivity contribution in [3.05, 3.63) is 21.3 Å². The minimum absolute atomic E-state index is 0.765. The lowest BCUT2D eigenvalue weighted by atomic mass is 10.2.